The molecule has 1 fully saturated rings. The van der Waals surface area contributed by atoms with Crippen LogP contribution in [0.3, 0.4) is 0 Å². The Morgan fingerprint density at radius 2 is 1.68 bits per heavy atom. The monoisotopic (exact) mass is 271 g/mol. The van der Waals surface area contributed by atoms with Gasteiger partial charge in [-0.15, -0.1) is 0 Å². The second kappa shape index (κ2) is 6.42. The molecule has 4 heteroatoms. The summed E-state index contributed by atoms with van der Waals surface area (Å²) in [5, 5.41) is 3.23. The largest absolute Gasteiger partial charge is 0.310 e. The third kappa shape index (κ3) is 3.72. The van der Waals surface area contributed by atoms with Gasteiger partial charge in [0.25, 0.3) is 0 Å². The zero-order valence-corrected chi connectivity index (χ0v) is 11.2. The molecule has 0 bridgehead atoms. The zero-order valence-electron chi connectivity index (χ0n) is 11.2. The van der Waals surface area contributed by atoms with Gasteiger partial charge in [0.2, 0.25) is 0 Å². The lowest BCUT2D eigenvalue weighted by atomic mass is 9.84. The summed E-state index contributed by atoms with van der Waals surface area (Å²) in [6.45, 7) is 2.31. The van der Waals surface area contributed by atoms with E-state index in [1.54, 1.807) is 0 Å². The summed E-state index contributed by atoms with van der Waals surface area (Å²) in [5.41, 5.74) is 0.182. The van der Waals surface area contributed by atoms with Gasteiger partial charge in [-0.05, 0) is 31.7 Å². The van der Waals surface area contributed by atoms with Crippen molar-refractivity contribution in [2.75, 3.05) is 0 Å². The van der Waals surface area contributed by atoms with Crippen LogP contribution < -0.4 is 5.32 Å². The summed E-state index contributed by atoms with van der Waals surface area (Å²) < 4.78 is 39.4. The first-order chi connectivity index (χ1) is 9.08. The summed E-state index contributed by atoms with van der Waals surface area (Å²) in [5.74, 6) is -2.23. The molecule has 19 heavy (non-hydrogen) atoms. The van der Waals surface area contributed by atoms with Gasteiger partial charge in [-0.1, -0.05) is 19.3 Å². The van der Waals surface area contributed by atoms with E-state index in [0.717, 1.165) is 6.07 Å². The van der Waals surface area contributed by atoms with Gasteiger partial charge in [-0.25, -0.2) is 13.2 Å². The summed E-state index contributed by atoms with van der Waals surface area (Å²) in [7, 11) is 0. The van der Waals surface area contributed by atoms with Crippen LogP contribution in [0.1, 0.15) is 44.6 Å². The number of hydrogen-bond acceptors (Lipinski definition) is 1. The molecule has 0 spiro atoms. The Kier molecular flexibility index (Phi) is 4.86. The van der Waals surface area contributed by atoms with E-state index in [4.69, 9.17) is 0 Å². The van der Waals surface area contributed by atoms with E-state index in [9.17, 15) is 13.2 Å². The maximum absolute atomic E-state index is 13.5. The number of benzene rings is 1. The zero-order chi connectivity index (χ0) is 13.8. The van der Waals surface area contributed by atoms with Crippen LogP contribution in [-0.4, -0.2) is 6.04 Å². The van der Waals surface area contributed by atoms with Crippen LogP contribution in [0, 0.1) is 23.4 Å². The predicted octanol–water partition coefficient (Wildman–Crippen LogP) is 4.16. The summed E-state index contributed by atoms with van der Waals surface area (Å²) in [6.07, 6.45) is 6.16. The van der Waals surface area contributed by atoms with E-state index >= 15 is 0 Å². The van der Waals surface area contributed by atoms with E-state index in [1.807, 2.05) is 0 Å². The van der Waals surface area contributed by atoms with Crippen molar-refractivity contribution in [1.82, 2.24) is 5.32 Å². The van der Waals surface area contributed by atoms with Gasteiger partial charge >= 0.3 is 0 Å². The molecule has 106 valence electrons. The van der Waals surface area contributed by atoms with Crippen molar-refractivity contribution in [1.29, 1.82) is 0 Å². The van der Waals surface area contributed by atoms with E-state index in [1.165, 1.54) is 32.1 Å². The fourth-order valence-corrected chi connectivity index (χ4v) is 2.77. The Morgan fingerprint density at radius 3 is 2.37 bits per heavy atom. The van der Waals surface area contributed by atoms with E-state index < -0.39 is 17.5 Å². The van der Waals surface area contributed by atoms with Gasteiger partial charge in [-0.3, -0.25) is 0 Å². The molecule has 1 N–H and O–H groups in total. The highest BCUT2D eigenvalue weighted by atomic mass is 19.2. The van der Waals surface area contributed by atoms with Crippen molar-refractivity contribution in [3.8, 4) is 0 Å². The molecule has 0 saturated heterocycles. The average Bonchev–Trinajstić information content (AvgIpc) is 2.42. The third-order valence-electron chi connectivity index (χ3n) is 4.06. The smallest absolute Gasteiger partial charge is 0.161 e. The number of nitrogens with one attached hydrogen (secondary N) is 1. The summed E-state index contributed by atoms with van der Waals surface area (Å²) in [4.78, 5) is 0. The minimum Gasteiger partial charge on any atom is -0.310 e. The fraction of sp³-hybridized carbons (Fsp3) is 0.600. The lowest BCUT2D eigenvalue weighted by Crippen LogP contribution is -2.34. The lowest BCUT2D eigenvalue weighted by molar-refractivity contribution is 0.279. The van der Waals surface area contributed by atoms with E-state index in [2.05, 4.69) is 12.2 Å². The average molecular weight is 271 g/mol. The minimum atomic E-state index is -1.14. The molecule has 1 saturated carbocycles. The number of rotatable bonds is 4. The van der Waals surface area contributed by atoms with Crippen molar-refractivity contribution in [3.05, 3.63) is 35.1 Å². The van der Waals surface area contributed by atoms with Crippen LogP contribution in [0.2, 0.25) is 0 Å². The Morgan fingerprint density at radius 1 is 1.05 bits per heavy atom. The van der Waals surface area contributed by atoms with Gasteiger partial charge in [0.15, 0.2) is 11.6 Å². The molecule has 1 aromatic carbocycles. The fourth-order valence-electron chi connectivity index (χ4n) is 2.77. The first kappa shape index (κ1) is 14.4. The normalized spacial score (nSPS) is 18.5. The molecule has 1 aromatic rings. The predicted molar refractivity (Wildman–Crippen MR) is 69.2 cm³/mol. The maximum Gasteiger partial charge on any atom is 0.161 e. The summed E-state index contributed by atoms with van der Waals surface area (Å²) in [6, 6.07) is 1.82. The van der Waals surface area contributed by atoms with Crippen molar-refractivity contribution in [2.45, 2.75) is 51.6 Å². The number of hydrogen-bond donors (Lipinski definition) is 1. The Balaban J connectivity index is 1.92. The van der Waals surface area contributed by atoms with Crippen LogP contribution in [-0.2, 0) is 6.54 Å². The van der Waals surface area contributed by atoms with E-state index in [0.29, 0.717) is 12.0 Å². The molecule has 1 nitrogen and oxygen atoms in total. The Bertz CT molecular complexity index is 428. The molecule has 0 unspecified atom stereocenters. The second-order valence-corrected chi connectivity index (χ2v) is 5.43. The first-order valence-corrected chi connectivity index (χ1v) is 6.94. The molecule has 0 aliphatic heterocycles. The Labute approximate surface area is 112 Å². The van der Waals surface area contributed by atoms with Crippen molar-refractivity contribution >= 4 is 0 Å². The van der Waals surface area contributed by atoms with Gasteiger partial charge in [0.1, 0.15) is 5.82 Å². The molecule has 1 atom stereocenters. The highest BCUT2D eigenvalue weighted by Gasteiger charge is 2.20. The molecule has 0 amide bonds. The van der Waals surface area contributed by atoms with Gasteiger partial charge in [0, 0.05) is 24.2 Å². The first-order valence-electron chi connectivity index (χ1n) is 6.94. The molecule has 0 heterocycles. The van der Waals surface area contributed by atoms with Crippen LogP contribution in [0.5, 0.6) is 0 Å². The van der Waals surface area contributed by atoms with Crippen LogP contribution in [0.25, 0.3) is 0 Å². The van der Waals surface area contributed by atoms with Crippen molar-refractivity contribution in [2.24, 2.45) is 5.92 Å². The maximum atomic E-state index is 13.5. The minimum absolute atomic E-state index is 0.182. The van der Waals surface area contributed by atoms with Gasteiger partial charge < -0.3 is 5.32 Å². The highest BCUT2D eigenvalue weighted by Crippen LogP contribution is 2.26. The van der Waals surface area contributed by atoms with Gasteiger partial charge in [0.05, 0.1) is 0 Å². The molecule has 0 aromatic heterocycles. The van der Waals surface area contributed by atoms with Crippen molar-refractivity contribution < 1.29 is 13.2 Å². The molecule has 0 radical (unpaired) electrons. The van der Waals surface area contributed by atoms with Crippen molar-refractivity contribution in [3.63, 3.8) is 0 Å². The van der Waals surface area contributed by atoms with Crippen LogP contribution in [0.4, 0.5) is 13.2 Å². The van der Waals surface area contributed by atoms with Gasteiger partial charge in [-0.2, -0.15) is 0 Å². The standard InChI is InChI=1S/C15H20F3N/c1-10(11-5-3-2-4-6-11)19-9-12-7-14(17)15(18)8-13(12)16/h7-8,10-11,19H,2-6,9H2,1H3/t10-/m1/s1. The summed E-state index contributed by atoms with van der Waals surface area (Å²) >= 11 is 0. The molecular formula is C15H20F3N. The molecule has 1 aliphatic rings. The highest BCUT2D eigenvalue weighted by molar-refractivity contribution is 5.20. The van der Waals surface area contributed by atoms with Crippen LogP contribution in [0.15, 0.2) is 12.1 Å². The SMILES string of the molecule is C[C@@H](NCc1cc(F)c(F)cc1F)C1CCCCC1. The lowest BCUT2D eigenvalue weighted by Gasteiger charge is -2.28. The quantitative estimate of drug-likeness (QED) is 0.811. The Hall–Kier alpha value is -1.03. The topological polar surface area (TPSA) is 12.0 Å². The molecule has 1 aliphatic carbocycles. The number of halogens is 3. The van der Waals surface area contributed by atoms with E-state index in [-0.39, 0.29) is 18.2 Å². The third-order valence-corrected chi connectivity index (χ3v) is 4.06. The van der Waals surface area contributed by atoms with Crippen LogP contribution >= 0.6 is 0 Å². The molecule has 2 rings (SSSR count). The second-order valence-electron chi connectivity index (χ2n) is 5.43. The molecular weight excluding hydrogens is 251 g/mol.